The predicted molar refractivity (Wildman–Crippen MR) is 102 cm³/mol. The lowest BCUT2D eigenvalue weighted by Crippen LogP contribution is -2.21. The van der Waals surface area contributed by atoms with Crippen molar-refractivity contribution in [1.29, 1.82) is 0 Å². The molecule has 1 aliphatic rings. The number of carbonyl (C=O) groups excluding carboxylic acids is 1. The molecule has 4 rings (SSSR count). The molecule has 27 heavy (non-hydrogen) atoms. The lowest BCUT2D eigenvalue weighted by Gasteiger charge is -2.11. The van der Waals surface area contributed by atoms with Crippen molar-refractivity contribution >= 4 is 23.4 Å². The number of amides is 1. The minimum atomic E-state index is -0.246. The summed E-state index contributed by atoms with van der Waals surface area (Å²) in [6.07, 6.45) is 4.81. The number of carbonyl (C=O) groups is 1. The quantitative estimate of drug-likeness (QED) is 0.718. The number of nitrogens with zero attached hydrogens (tertiary/aromatic N) is 2. The Hall–Kier alpha value is -3.80. The summed E-state index contributed by atoms with van der Waals surface area (Å²) < 4.78 is 10.3. The van der Waals surface area contributed by atoms with Crippen LogP contribution in [0.15, 0.2) is 82.2 Å². The van der Waals surface area contributed by atoms with Gasteiger partial charge in [0.05, 0.1) is 30.9 Å². The lowest BCUT2D eigenvalue weighted by molar-refractivity contribution is -0.114. The first-order valence-electron chi connectivity index (χ1n) is 8.27. The number of furan rings is 1. The summed E-state index contributed by atoms with van der Waals surface area (Å²) in [6.45, 7) is 0. The van der Waals surface area contributed by atoms with E-state index < -0.39 is 0 Å². The molecule has 2 aromatic carbocycles. The van der Waals surface area contributed by atoms with E-state index in [1.165, 1.54) is 24.4 Å². The van der Waals surface area contributed by atoms with Crippen LogP contribution in [0, 0.1) is 0 Å². The maximum atomic E-state index is 13.1. The highest BCUT2D eigenvalue weighted by Crippen LogP contribution is 2.31. The van der Waals surface area contributed by atoms with Crippen LogP contribution in [0.2, 0.25) is 0 Å². The van der Waals surface area contributed by atoms with Gasteiger partial charge in [0.2, 0.25) is 0 Å². The Kier molecular flexibility index (Phi) is 4.22. The Balaban J connectivity index is 1.81. The van der Waals surface area contributed by atoms with E-state index in [-0.39, 0.29) is 11.7 Å². The summed E-state index contributed by atoms with van der Waals surface area (Å²) in [6, 6.07) is 15.9. The Labute approximate surface area is 155 Å². The summed E-state index contributed by atoms with van der Waals surface area (Å²) >= 11 is 0. The number of hydrogen-bond donors (Lipinski definition) is 1. The largest absolute Gasteiger partial charge is 0.504 e. The minimum absolute atomic E-state index is 0.0343. The Morgan fingerprint density at radius 3 is 2.67 bits per heavy atom. The van der Waals surface area contributed by atoms with Gasteiger partial charge in [-0.05, 0) is 42.0 Å². The van der Waals surface area contributed by atoms with Gasteiger partial charge in [0.25, 0.3) is 5.91 Å². The molecule has 0 saturated heterocycles. The van der Waals surface area contributed by atoms with Gasteiger partial charge in [0.15, 0.2) is 11.5 Å². The first-order chi connectivity index (χ1) is 13.2. The van der Waals surface area contributed by atoms with Gasteiger partial charge in [-0.25, -0.2) is 0 Å². The van der Waals surface area contributed by atoms with Gasteiger partial charge in [0.1, 0.15) is 5.71 Å². The van der Waals surface area contributed by atoms with Crippen LogP contribution in [0.3, 0.4) is 0 Å². The van der Waals surface area contributed by atoms with Crippen molar-refractivity contribution in [2.24, 2.45) is 5.10 Å². The number of hydrazone groups is 1. The minimum Gasteiger partial charge on any atom is -0.504 e. The number of ether oxygens (including phenoxy) is 1. The van der Waals surface area contributed by atoms with Crippen molar-refractivity contribution in [2.75, 3.05) is 12.1 Å². The smallest absolute Gasteiger partial charge is 0.281 e. The number of para-hydroxylation sites is 1. The van der Waals surface area contributed by atoms with Crippen LogP contribution in [0.25, 0.3) is 6.08 Å². The third-order valence-corrected chi connectivity index (χ3v) is 4.19. The maximum absolute atomic E-state index is 13.1. The zero-order valence-corrected chi connectivity index (χ0v) is 14.5. The summed E-state index contributed by atoms with van der Waals surface area (Å²) in [5, 5.41) is 15.7. The average molecular weight is 360 g/mol. The molecule has 6 heteroatoms. The van der Waals surface area contributed by atoms with Crippen molar-refractivity contribution in [3.8, 4) is 11.5 Å². The number of benzene rings is 2. The van der Waals surface area contributed by atoms with Crippen LogP contribution in [0.5, 0.6) is 11.5 Å². The number of anilines is 1. The SMILES string of the molecule is COc1cc(/C=C2\C(=O)N(c3ccccc3)N=C2c2ccoc2)ccc1O. The van der Waals surface area contributed by atoms with Crippen molar-refractivity contribution < 1.29 is 19.1 Å². The molecule has 1 N–H and O–H groups in total. The van der Waals surface area contributed by atoms with E-state index in [2.05, 4.69) is 5.10 Å². The zero-order chi connectivity index (χ0) is 18.8. The highest BCUT2D eigenvalue weighted by molar-refractivity contribution is 6.37. The standard InChI is InChI=1S/C21H16N2O4/c1-26-19-12-14(7-8-18(19)24)11-17-20(15-9-10-27-13-15)22-23(21(17)25)16-5-3-2-4-6-16/h2-13,24H,1H3/b17-11-. The topological polar surface area (TPSA) is 75.3 Å². The van der Waals surface area contributed by atoms with Crippen LogP contribution < -0.4 is 9.75 Å². The number of rotatable bonds is 4. The molecule has 0 atom stereocenters. The molecule has 0 saturated carbocycles. The van der Waals surface area contributed by atoms with Crippen molar-refractivity contribution in [2.45, 2.75) is 0 Å². The Bertz CT molecular complexity index is 1040. The van der Waals surface area contributed by atoms with Crippen LogP contribution in [-0.2, 0) is 4.79 Å². The zero-order valence-electron chi connectivity index (χ0n) is 14.5. The summed E-state index contributed by atoms with van der Waals surface area (Å²) in [5.41, 5.74) is 3.03. The molecule has 0 unspecified atom stereocenters. The Morgan fingerprint density at radius 1 is 1.15 bits per heavy atom. The van der Waals surface area contributed by atoms with E-state index in [1.54, 1.807) is 30.5 Å². The number of hydrogen-bond acceptors (Lipinski definition) is 5. The highest BCUT2D eigenvalue weighted by Gasteiger charge is 2.32. The second kappa shape index (κ2) is 6.84. The van der Waals surface area contributed by atoms with Crippen molar-refractivity contribution in [3.63, 3.8) is 0 Å². The van der Waals surface area contributed by atoms with E-state index in [4.69, 9.17) is 9.15 Å². The molecule has 3 aromatic rings. The molecule has 134 valence electrons. The molecule has 1 aromatic heterocycles. The van der Waals surface area contributed by atoms with Crippen LogP contribution >= 0.6 is 0 Å². The third kappa shape index (κ3) is 3.08. The van der Waals surface area contributed by atoms with Gasteiger partial charge in [-0.3, -0.25) is 4.79 Å². The number of phenols is 1. The number of phenolic OH excluding ortho intramolecular Hbond substituents is 1. The van der Waals surface area contributed by atoms with Gasteiger partial charge in [0, 0.05) is 5.56 Å². The number of methoxy groups -OCH3 is 1. The van der Waals surface area contributed by atoms with Gasteiger partial charge in [-0.1, -0.05) is 24.3 Å². The van der Waals surface area contributed by atoms with Crippen molar-refractivity contribution in [1.82, 2.24) is 0 Å². The number of aromatic hydroxyl groups is 1. The highest BCUT2D eigenvalue weighted by atomic mass is 16.5. The maximum Gasteiger partial charge on any atom is 0.281 e. The molecule has 2 heterocycles. The average Bonchev–Trinajstić information content (AvgIpc) is 3.33. The fourth-order valence-corrected chi connectivity index (χ4v) is 2.85. The molecule has 0 fully saturated rings. The second-order valence-electron chi connectivity index (χ2n) is 5.90. The predicted octanol–water partition coefficient (Wildman–Crippen LogP) is 3.83. The lowest BCUT2D eigenvalue weighted by atomic mass is 10.0. The van der Waals surface area contributed by atoms with Crippen LogP contribution in [0.4, 0.5) is 5.69 Å². The van der Waals surface area contributed by atoms with E-state index >= 15 is 0 Å². The second-order valence-corrected chi connectivity index (χ2v) is 5.90. The molecular weight excluding hydrogens is 344 g/mol. The fourth-order valence-electron chi connectivity index (χ4n) is 2.85. The first-order valence-corrected chi connectivity index (χ1v) is 8.27. The summed E-state index contributed by atoms with van der Waals surface area (Å²) in [4.78, 5) is 13.1. The Morgan fingerprint density at radius 2 is 1.96 bits per heavy atom. The van der Waals surface area contributed by atoms with E-state index in [0.29, 0.717) is 33.8 Å². The van der Waals surface area contributed by atoms with Gasteiger partial charge in [-0.15, -0.1) is 0 Å². The van der Waals surface area contributed by atoms with E-state index in [1.807, 2.05) is 30.3 Å². The molecule has 0 radical (unpaired) electrons. The van der Waals surface area contributed by atoms with Gasteiger partial charge in [-0.2, -0.15) is 10.1 Å². The first kappa shape index (κ1) is 16.7. The molecule has 0 spiro atoms. The molecule has 0 aliphatic carbocycles. The van der Waals surface area contributed by atoms with Gasteiger partial charge < -0.3 is 14.3 Å². The monoisotopic (exact) mass is 360 g/mol. The van der Waals surface area contributed by atoms with E-state index in [9.17, 15) is 9.90 Å². The normalized spacial score (nSPS) is 15.3. The summed E-state index contributed by atoms with van der Waals surface area (Å²) in [5.74, 6) is 0.119. The van der Waals surface area contributed by atoms with Gasteiger partial charge >= 0.3 is 0 Å². The third-order valence-electron chi connectivity index (χ3n) is 4.19. The molecular formula is C21H16N2O4. The fraction of sp³-hybridized carbons (Fsp3) is 0.0476. The van der Waals surface area contributed by atoms with Crippen molar-refractivity contribution in [3.05, 3.63) is 83.8 Å². The molecule has 6 nitrogen and oxygen atoms in total. The summed E-state index contributed by atoms with van der Waals surface area (Å²) in [7, 11) is 1.47. The van der Waals surface area contributed by atoms with Crippen LogP contribution in [0.1, 0.15) is 11.1 Å². The van der Waals surface area contributed by atoms with E-state index in [0.717, 1.165) is 0 Å². The molecule has 1 amide bonds. The molecule has 0 bridgehead atoms. The molecule has 1 aliphatic heterocycles. The van der Waals surface area contributed by atoms with Crippen LogP contribution in [-0.4, -0.2) is 23.8 Å².